The number of hydrogen-bond donors (Lipinski definition) is 1. The van der Waals surface area contributed by atoms with Gasteiger partial charge in [0.25, 0.3) is 5.91 Å². The minimum atomic E-state index is -0.668. The molecule has 0 aromatic heterocycles. The average molecular weight is 475 g/mol. The average Bonchev–Trinajstić information content (AvgIpc) is 2.85. The highest BCUT2D eigenvalue weighted by Gasteiger charge is 2.31. The maximum Gasteiger partial charge on any atom is 0.261 e. The molecule has 3 aromatic carbocycles. The van der Waals surface area contributed by atoms with Crippen LogP contribution in [0.1, 0.15) is 54.1 Å². The van der Waals surface area contributed by atoms with Crippen molar-refractivity contribution >= 4 is 11.8 Å². The lowest BCUT2D eigenvalue weighted by atomic mass is 9.87. The number of amides is 2. The Balaban J connectivity index is 1.55. The quantitative estimate of drug-likeness (QED) is 0.518. The molecule has 0 fully saturated rings. The number of ether oxygens (including phenoxy) is 1. The molecule has 0 unspecified atom stereocenters. The van der Waals surface area contributed by atoms with E-state index in [0.29, 0.717) is 25.3 Å². The van der Waals surface area contributed by atoms with E-state index in [2.05, 4.69) is 11.4 Å². The maximum absolute atomic E-state index is 13.1. The van der Waals surface area contributed by atoms with Crippen molar-refractivity contribution in [1.29, 1.82) is 0 Å². The first-order chi connectivity index (χ1) is 16.9. The van der Waals surface area contributed by atoms with Crippen LogP contribution >= 0.6 is 0 Å². The Bertz CT molecular complexity index is 1210. The van der Waals surface area contributed by atoms with Gasteiger partial charge in [-0.2, -0.15) is 0 Å². The molecule has 2 atom stereocenters. The lowest BCUT2D eigenvalue weighted by molar-refractivity contribution is -0.131. The van der Waals surface area contributed by atoms with Gasteiger partial charge in [0.05, 0.1) is 6.04 Å². The van der Waals surface area contributed by atoms with Gasteiger partial charge in [-0.1, -0.05) is 55.0 Å². The van der Waals surface area contributed by atoms with E-state index in [4.69, 9.17) is 4.74 Å². The predicted molar refractivity (Wildman–Crippen MR) is 134 cm³/mol. The monoisotopic (exact) mass is 474 g/mol. The summed E-state index contributed by atoms with van der Waals surface area (Å²) in [6.07, 6.45) is 0.596. The lowest BCUT2D eigenvalue weighted by Crippen LogP contribution is -2.39. The van der Waals surface area contributed by atoms with Crippen LogP contribution in [0.4, 0.5) is 4.39 Å². The SMILES string of the molecule is CC[C@@H](Oc1ccc2c(c1)[C@@H](c1cccc(C)c1)N(C(C)=O)CC2)C(=O)NCc1ccc(F)cc1. The Labute approximate surface area is 205 Å². The van der Waals surface area contributed by atoms with Gasteiger partial charge in [-0.05, 0) is 66.3 Å². The smallest absolute Gasteiger partial charge is 0.261 e. The largest absolute Gasteiger partial charge is 0.481 e. The molecule has 0 aliphatic carbocycles. The minimum absolute atomic E-state index is 0.0279. The van der Waals surface area contributed by atoms with Crippen LogP contribution in [0.5, 0.6) is 5.75 Å². The van der Waals surface area contributed by atoms with E-state index in [-0.39, 0.29) is 23.7 Å². The van der Waals surface area contributed by atoms with Crippen molar-refractivity contribution in [3.8, 4) is 5.75 Å². The van der Waals surface area contributed by atoms with Crippen molar-refractivity contribution in [3.05, 3.63) is 100 Å². The molecular formula is C29H31FN2O3. The molecule has 1 aliphatic rings. The number of benzene rings is 3. The van der Waals surface area contributed by atoms with Crippen LogP contribution in [0, 0.1) is 12.7 Å². The summed E-state index contributed by atoms with van der Waals surface area (Å²) < 4.78 is 19.3. The van der Waals surface area contributed by atoms with E-state index >= 15 is 0 Å². The second-order valence-electron chi connectivity index (χ2n) is 9.00. The zero-order valence-corrected chi connectivity index (χ0v) is 20.4. The Morgan fingerprint density at radius 2 is 1.89 bits per heavy atom. The van der Waals surface area contributed by atoms with Gasteiger partial charge >= 0.3 is 0 Å². The summed E-state index contributed by atoms with van der Waals surface area (Å²) >= 11 is 0. The molecule has 0 saturated carbocycles. The molecule has 0 radical (unpaired) electrons. The van der Waals surface area contributed by atoms with Crippen LogP contribution in [0.15, 0.2) is 66.7 Å². The second-order valence-corrected chi connectivity index (χ2v) is 9.00. The second kappa shape index (κ2) is 10.7. The Morgan fingerprint density at radius 1 is 1.11 bits per heavy atom. The first-order valence-electron chi connectivity index (χ1n) is 12.0. The number of aryl methyl sites for hydroxylation is 1. The van der Waals surface area contributed by atoms with Crippen LogP contribution in [-0.2, 0) is 22.6 Å². The van der Waals surface area contributed by atoms with Gasteiger partial charge in [-0.15, -0.1) is 0 Å². The zero-order valence-electron chi connectivity index (χ0n) is 20.4. The van der Waals surface area contributed by atoms with Crippen molar-refractivity contribution in [2.75, 3.05) is 6.54 Å². The van der Waals surface area contributed by atoms with Crippen LogP contribution in [-0.4, -0.2) is 29.4 Å². The number of halogens is 1. The van der Waals surface area contributed by atoms with Crippen molar-refractivity contribution in [1.82, 2.24) is 10.2 Å². The van der Waals surface area contributed by atoms with Gasteiger partial charge in [0.1, 0.15) is 11.6 Å². The molecule has 35 heavy (non-hydrogen) atoms. The third-order valence-electron chi connectivity index (χ3n) is 6.43. The summed E-state index contributed by atoms with van der Waals surface area (Å²) in [5.41, 5.74) is 5.21. The summed E-state index contributed by atoms with van der Waals surface area (Å²) in [4.78, 5) is 27.2. The number of rotatable bonds is 7. The molecule has 5 nitrogen and oxygen atoms in total. The fraction of sp³-hybridized carbons (Fsp3) is 0.310. The molecule has 3 aromatic rings. The first kappa shape index (κ1) is 24.5. The highest BCUT2D eigenvalue weighted by Crippen LogP contribution is 2.37. The topological polar surface area (TPSA) is 58.6 Å². The molecular weight excluding hydrogens is 443 g/mol. The van der Waals surface area contributed by atoms with E-state index in [0.717, 1.165) is 28.7 Å². The highest BCUT2D eigenvalue weighted by atomic mass is 19.1. The van der Waals surface area contributed by atoms with Crippen LogP contribution < -0.4 is 10.1 Å². The van der Waals surface area contributed by atoms with Crippen molar-refractivity contribution in [2.45, 2.75) is 52.3 Å². The number of fused-ring (bicyclic) bond motifs is 1. The van der Waals surface area contributed by atoms with E-state index < -0.39 is 6.10 Å². The third-order valence-corrected chi connectivity index (χ3v) is 6.43. The van der Waals surface area contributed by atoms with E-state index in [1.807, 2.05) is 55.1 Å². The molecule has 4 rings (SSSR count). The van der Waals surface area contributed by atoms with Crippen molar-refractivity contribution in [2.24, 2.45) is 0 Å². The van der Waals surface area contributed by atoms with Gasteiger partial charge in [0, 0.05) is 20.0 Å². The molecule has 0 bridgehead atoms. The number of nitrogens with one attached hydrogen (secondary N) is 1. The van der Waals surface area contributed by atoms with E-state index in [1.54, 1.807) is 19.1 Å². The summed E-state index contributed by atoms with van der Waals surface area (Å²) in [6, 6.07) is 19.9. The van der Waals surface area contributed by atoms with Crippen LogP contribution in [0.3, 0.4) is 0 Å². The van der Waals surface area contributed by atoms with E-state index in [9.17, 15) is 14.0 Å². The first-order valence-corrected chi connectivity index (χ1v) is 12.0. The molecule has 1 heterocycles. The summed E-state index contributed by atoms with van der Waals surface area (Å²) in [5, 5.41) is 2.88. The summed E-state index contributed by atoms with van der Waals surface area (Å²) in [7, 11) is 0. The molecule has 182 valence electrons. The van der Waals surface area contributed by atoms with Crippen molar-refractivity contribution in [3.63, 3.8) is 0 Å². The van der Waals surface area contributed by atoms with Gasteiger partial charge in [0.2, 0.25) is 5.91 Å². The fourth-order valence-corrected chi connectivity index (χ4v) is 4.60. The molecule has 0 saturated heterocycles. The normalized spacial score (nSPS) is 15.8. The van der Waals surface area contributed by atoms with Crippen LogP contribution in [0.25, 0.3) is 0 Å². The Morgan fingerprint density at radius 3 is 2.57 bits per heavy atom. The van der Waals surface area contributed by atoms with Crippen LogP contribution in [0.2, 0.25) is 0 Å². The summed E-state index contributed by atoms with van der Waals surface area (Å²) in [6.45, 7) is 6.50. The number of hydrogen-bond acceptors (Lipinski definition) is 3. The maximum atomic E-state index is 13.1. The molecule has 6 heteroatoms. The molecule has 1 aliphatic heterocycles. The zero-order chi connectivity index (χ0) is 24.9. The minimum Gasteiger partial charge on any atom is -0.481 e. The van der Waals surface area contributed by atoms with Gasteiger partial charge in [-0.25, -0.2) is 4.39 Å². The Hall–Kier alpha value is -3.67. The Kier molecular flexibility index (Phi) is 7.49. The predicted octanol–water partition coefficient (Wildman–Crippen LogP) is 5.10. The lowest BCUT2D eigenvalue weighted by Gasteiger charge is -2.37. The summed E-state index contributed by atoms with van der Waals surface area (Å²) in [5.74, 6) is 0.0837. The fourth-order valence-electron chi connectivity index (χ4n) is 4.60. The number of carbonyl (C=O) groups excluding carboxylic acids is 2. The van der Waals surface area contributed by atoms with Gasteiger partial charge in [0.15, 0.2) is 6.10 Å². The van der Waals surface area contributed by atoms with Gasteiger partial charge < -0.3 is 15.0 Å². The number of carbonyl (C=O) groups is 2. The van der Waals surface area contributed by atoms with Gasteiger partial charge in [-0.3, -0.25) is 9.59 Å². The standard InChI is InChI=1S/C29H31FN2O3/c1-4-27(29(34)31-18-21-8-11-24(30)12-9-21)35-25-13-10-22-14-15-32(20(3)33)28(26(22)17-25)23-7-5-6-19(2)16-23/h5-13,16-17,27-28H,4,14-15,18H2,1-3H3,(H,31,34)/t27-,28-/m1/s1. The molecule has 1 N–H and O–H groups in total. The third kappa shape index (κ3) is 5.70. The van der Waals surface area contributed by atoms with Crippen molar-refractivity contribution < 1.29 is 18.7 Å². The molecule has 2 amide bonds. The van der Waals surface area contributed by atoms with E-state index in [1.165, 1.54) is 17.7 Å². The molecule has 0 spiro atoms. The highest BCUT2D eigenvalue weighted by molar-refractivity contribution is 5.81. The number of nitrogens with zero attached hydrogens (tertiary/aromatic N) is 1.